The van der Waals surface area contributed by atoms with E-state index in [9.17, 15) is 0 Å². The van der Waals surface area contributed by atoms with Crippen LogP contribution in [0.15, 0.2) is 255 Å². The summed E-state index contributed by atoms with van der Waals surface area (Å²) < 4.78 is 4.88. The largest absolute Gasteiger partial charge is 0.309 e. The van der Waals surface area contributed by atoms with Crippen molar-refractivity contribution in [2.75, 3.05) is 0 Å². The SMILES string of the molecule is c1ccc(-c2cc(-c3ccccc3)cc(-c3cc(-n4c5ccccc5c5cc(-c6ccc7c(c6)c6ccccc6n7-c6ccccc6)ccc54)cc4c5ccccc5c5ccccc5c34)c2)cc1. The molecular weight excluding hydrogens is 821 g/mol. The van der Waals surface area contributed by atoms with Crippen molar-refractivity contribution in [1.29, 1.82) is 0 Å². The molecule has 0 spiro atoms. The van der Waals surface area contributed by atoms with E-state index < -0.39 is 0 Å². The molecule has 14 rings (SSSR count). The number of hydrogen-bond acceptors (Lipinski definition) is 0. The van der Waals surface area contributed by atoms with Crippen LogP contribution in [-0.4, -0.2) is 9.13 Å². The highest BCUT2D eigenvalue weighted by molar-refractivity contribution is 6.29. The molecule has 68 heavy (non-hydrogen) atoms. The van der Waals surface area contributed by atoms with Gasteiger partial charge in [0.25, 0.3) is 0 Å². The topological polar surface area (TPSA) is 9.86 Å². The van der Waals surface area contributed by atoms with Crippen molar-refractivity contribution < 1.29 is 0 Å². The van der Waals surface area contributed by atoms with Gasteiger partial charge in [0.2, 0.25) is 0 Å². The molecule has 2 heteroatoms. The summed E-state index contributed by atoms with van der Waals surface area (Å²) in [7, 11) is 0. The molecule has 316 valence electrons. The second kappa shape index (κ2) is 15.3. The van der Waals surface area contributed by atoms with Crippen molar-refractivity contribution in [3.8, 4) is 55.9 Å². The minimum Gasteiger partial charge on any atom is -0.309 e. The zero-order valence-corrected chi connectivity index (χ0v) is 37.1. The summed E-state index contributed by atoms with van der Waals surface area (Å²) in [6.07, 6.45) is 0. The van der Waals surface area contributed by atoms with Gasteiger partial charge < -0.3 is 9.13 Å². The molecule has 0 radical (unpaired) electrons. The average Bonchev–Trinajstić information content (AvgIpc) is 3.93. The van der Waals surface area contributed by atoms with Gasteiger partial charge in [-0.25, -0.2) is 0 Å². The fourth-order valence-electron chi connectivity index (χ4n) is 11.2. The second-order valence-electron chi connectivity index (χ2n) is 18.0. The van der Waals surface area contributed by atoms with E-state index in [1.54, 1.807) is 0 Å². The van der Waals surface area contributed by atoms with Crippen LogP contribution in [0.1, 0.15) is 0 Å². The van der Waals surface area contributed by atoms with Crippen molar-refractivity contribution in [2.45, 2.75) is 0 Å². The number of fused-ring (bicyclic) bond motifs is 12. The molecule has 2 heterocycles. The lowest BCUT2D eigenvalue weighted by atomic mass is 9.87. The number of rotatable bonds is 6. The summed E-state index contributed by atoms with van der Waals surface area (Å²) in [6, 6.07) is 94.0. The van der Waals surface area contributed by atoms with Crippen LogP contribution in [0, 0.1) is 0 Å². The molecule has 0 atom stereocenters. The third-order valence-electron chi connectivity index (χ3n) is 14.2. The lowest BCUT2D eigenvalue weighted by molar-refractivity contribution is 1.18. The molecule has 0 fully saturated rings. The highest BCUT2D eigenvalue weighted by atomic mass is 15.0. The van der Waals surface area contributed by atoms with Crippen LogP contribution < -0.4 is 0 Å². The van der Waals surface area contributed by atoms with Gasteiger partial charge in [-0.05, 0) is 156 Å². The standard InChI is InChI=1S/C66H42N2/c1-4-18-43(19-5-1)47-36-48(44-20-6-2-7-21-44)38-49(37-47)58-41-51(42-61-54-26-11-10-24-52(54)53-25-12-13-29-57(53)66(58)61)68-63-31-17-15-28-56(63)60-40-46(33-35-65(60)68)45-32-34-64-59(39-45)55-27-14-16-30-62(55)67(64)50-22-8-3-9-23-50/h1-42H. The number of aromatic nitrogens is 2. The minimum atomic E-state index is 1.13. The van der Waals surface area contributed by atoms with E-state index >= 15 is 0 Å². The first-order valence-electron chi connectivity index (χ1n) is 23.5. The van der Waals surface area contributed by atoms with Crippen molar-refractivity contribution in [3.05, 3.63) is 255 Å². The van der Waals surface area contributed by atoms with Crippen molar-refractivity contribution in [1.82, 2.24) is 9.13 Å². The van der Waals surface area contributed by atoms with Gasteiger partial charge in [0.1, 0.15) is 0 Å². The summed E-state index contributed by atoms with van der Waals surface area (Å²) in [5, 5.41) is 12.5. The molecule has 2 nitrogen and oxygen atoms in total. The molecule has 14 aromatic rings. The summed E-state index contributed by atoms with van der Waals surface area (Å²) in [5.41, 5.74) is 16.6. The molecule has 0 aliphatic heterocycles. The number of benzene rings is 12. The molecule has 12 aromatic carbocycles. The van der Waals surface area contributed by atoms with Gasteiger partial charge in [-0.2, -0.15) is 0 Å². The van der Waals surface area contributed by atoms with Crippen molar-refractivity contribution in [2.24, 2.45) is 0 Å². The van der Waals surface area contributed by atoms with E-state index in [0.717, 1.165) is 5.69 Å². The van der Waals surface area contributed by atoms with Crippen LogP contribution in [0.25, 0.3) is 132 Å². The van der Waals surface area contributed by atoms with Crippen molar-refractivity contribution in [3.63, 3.8) is 0 Å². The van der Waals surface area contributed by atoms with Gasteiger partial charge in [-0.15, -0.1) is 0 Å². The Balaban J connectivity index is 1.03. The zero-order chi connectivity index (χ0) is 44.7. The third-order valence-corrected chi connectivity index (χ3v) is 14.2. The van der Waals surface area contributed by atoms with Crippen LogP contribution >= 0.6 is 0 Å². The van der Waals surface area contributed by atoms with Gasteiger partial charge >= 0.3 is 0 Å². The van der Waals surface area contributed by atoms with Gasteiger partial charge in [0, 0.05) is 32.9 Å². The Bertz CT molecular complexity index is 4230. The van der Waals surface area contributed by atoms with Crippen LogP contribution in [0.5, 0.6) is 0 Å². The Morgan fingerprint density at radius 3 is 1.13 bits per heavy atom. The van der Waals surface area contributed by atoms with Crippen LogP contribution in [0.2, 0.25) is 0 Å². The molecule has 0 amide bonds. The highest BCUT2D eigenvalue weighted by Crippen LogP contribution is 2.45. The molecule has 0 bridgehead atoms. The first-order valence-corrected chi connectivity index (χ1v) is 23.5. The van der Waals surface area contributed by atoms with Gasteiger partial charge in [-0.3, -0.25) is 0 Å². The van der Waals surface area contributed by atoms with Crippen LogP contribution in [-0.2, 0) is 0 Å². The van der Waals surface area contributed by atoms with E-state index in [1.165, 1.54) is 126 Å². The summed E-state index contributed by atoms with van der Waals surface area (Å²) in [6.45, 7) is 0. The van der Waals surface area contributed by atoms with E-state index in [4.69, 9.17) is 0 Å². The fourth-order valence-corrected chi connectivity index (χ4v) is 11.2. The Kier molecular flexibility index (Phi) is 8.62. The summed E-state index contributed by atoms with van der Waals surface area (Å²) >= 11 is 0. The minimum absolute atomic E-state index is 1.13. The van der Waals surface area contributed by atoms with Gasteiger partial charge in [0.15, 0.2) is 0 Å². The van der Waals surface area contributed by atoms with Crippen molar-refractivity contribution >= 4 is 75.9 Å². The maximum Gasteiger partial charge on any atom is 0.0541 e. The van der Waals surface area contributed by atoms with Gasteiger partial charge in [0.05, 0.1) is 22.1 Å². The predicted molar refractivity (Wildman–Crippen MR) is 289 cm³/mol. The van der Waals surface area contributed by atoms with E-state index in [-0.39, 0.29) is 0 Å². The molecule has 0 unspecified atom stereocenters. The lowest BCUT2D eigenvalue weighted by Gasteiger charge is -2.19. The second-order valence-corrected chi connectivity index (χ2v) is 18.0. The Labute approximate surface area is 393 Å². The molecule has 0 N–H and O–H groups in total. The highest BCUT2D eigenvalue weighted by Gasteiger charge is 2.21. The molecule has 0 aliphatic carbocycles. The predicted octanol–water partition coefficient (Wildman–Crippen LogP) is 18.0. The Hall–Kier alpha value is -8.98. The normalized spacial score (nSPS) is 11.8. The molecule has 0 saturated heterocycles. The first-order chi connectivity index (χ1) is 33.7. The van der Waals surface area contributed by atoms with Crippen LogP contribution in [0.3, 0.4) is 0 Å². The third kappa shape index (κ3) is 5.98. The number of hydrogen-bond donors (Lipinski definition) is 0. The maximum absolute atomic E-state index is 2.50. The zero-order valence-electron chi connectivity index (χ0n) is 37.1. The Morgan fingerprint density at radius 2 is 0.588 bits per heavy atom. The average molecular weight is 863 g/mol. The van der Waals surface area contributed by atoms with E-state index in [0.29, 0.717) is 0 Å². The smallest absolute Gasteiger partial charge is 0.0541 e. The van der Waals surface area contributed by atoms with E-state index in [1.807, 2.05) is 0 Å². The summed E-state index contributed by atoms with van der Waals surface area (Å²) in [5.74, 6) is 0. The van der Waals surface area contributed by atoms with Gasteiger partial charge in [-0.1, -0.05) is 176 Å². The number of para-hydroxylation sites is 3. The molecular formula is C66H42N2. The maximum atomic E-state index is 2.50. The first kappa shape index (κ1) is 38.3. The lowest BCUT2D eigenvalue weighted by Crippen LogP contribution is -1.97. The van der Waals surface area contributed by atoms with Crippen LogP contribution in [0.4, 0.5) is 0 Å². The quantitative estimate of drug-likeness (QED) is 0.147. The molecule has 2 aromatic heterocycles. The fraction of sp³-hybridized carbons (Fsp3) is 0. The Morgan fingerprint density at radius 1 is 0.191 bits per heavy atom. The summed E-state index contributed by atoms with van der Waals surface area (Å²) in [4.78, 5) is 0. The molecule has 0 saturated carbocycles. The molecule has 0 aliphatic rings. The van der Waals surface area contributed by atoms with E-state index in [2.05, 4.69) is 264 Å². The number of nitrogens with zero attached hydrogens (tertiary/aromatic N) is 2. The monoisotopic (exact) mass is 862 g/mol.